The van der Waals surface area contributed by atoms with Gasteiger partial charge >= 0.3 is 12.2 Å². The number of alkyl halides is 3. The molecule has 0 saturated carbocycles. The molecule has 1 aliphatic rings. The number of nitrogens with zero attached hydrogens (tertiary/aromatic N) is 4. The van der Waals surface area contributed by atoms with Crippen LogP contribution in [0.2, 0.25) is 0 Å². The van der Waals surface area contributed by atoms with E-state index < -0.39 is 23.2 Å². The van der Waals surface area contributed by atoms with E-state index in [2.05, 4.69) is 15.3 Å². The molecule has 3 rings (SSSR count). The number of anilines is 3. The number of urea groups is 1. The zero-order valence-electron chi connectivity index (χ0n) is 17.3. The van der Waals surface area contributed by atoms with Crippen LogP contribution in [-0.4, -0.2) is 41.0 Å². The molecule has 3 amide bonds. The second-order valence-electron chi connectivity index (χ2n) is 7.38. The van der Waals surface area contributed by atoms with E-state index in [-0.39, 0.29) is 29.0 Å². The standard InChI is InChI=1S/C20H23F3N6O2/c1-4-19(5-2)11-29(18(31)27-19)17-25-10-14(15(24)26-17)16(30)28(3)13-8-6-7-12(9-13)20(21,22)23/h6-10H,4-5,11H2,1-3H3,(H,27,31)(H2,24,25,26). The minimum Gasteiger partial charge on any atom is -0.383 e. The zero-order chi connectivity index (χ0) is 23.0. The van der Waals surface area contributed by atoms with Crippen LogP contribution in [0, 0.1) is 0 Å². The third-order valence-corrected chi connectivity index (χ3v) is 5.57. The number of amides is 3. The maximum absolute atomic E-state index is 13.0. The number of benzene rings is 1. The summed E-state index contributed by atoms with van der Waals surface area (Å²) in [6.45, 7) is 4.29. The lowest BCUT2D eigenvalue weighted by Crippen LogP contribution is -2.41. The number of rotatable bonds is 5. The molecule has 0 aliphatic carbocycles. The van der Waals surface area contributed by atoms with E-state index in [4.69, 9.17) is 5.73 Å². The number of carbonyl (C=O) groups excluding carboxylic acids is 2. The van der Waals surface area contributed by atoms with Gasteiger partial charge in [-0.25, -0.2) is 9.78 Å². The third-order valence-electron chi connectivity index (χ3n) is 5.57. The maximum Gasteiger partial charge on any atom is 0.416 e. The molecular formula is C20H23F3N6O2. The molecule has 1 aromatic carbocycles. The average molecular weight is 436 g/mol. The van der Waals surface area contributed by atoms with Gasteiger partial charge in [-0.3, -0.25) is 9.69 Å². The molecule has 2 aromatic rings. The summed E-state index contributed by atoms with van der Waals surface area (Å²) in [5, 5.41) is 2.93. The van der Waals surface area contributed by atoms with Gasteiger partial charge in [-0.2, -0.15) is 18.2 Å². The van der Waals surface area contributed by atoms with Gasteiger partial charge < -0.3 is 16.0 Å². The number of nitrogen functional groups attached to an aromatic ring is 1. The van der Waals surface area contributed by atoms with E-state index in [0.717, 1.165) is 29.9 Å². The van der Waals surface area contributed by atoms with Crippen molar-refractivity contribution in [1.82, 2.24) is 15.3 Å². The van der Waals surface area contributed by atoms with E-state index in [0.29, 0.717) is 6.54 Å². The number of hydrogen-bond donors (Lipinski definition) is 2. The Balaban J connectivity index is 1.85. The largest absolute Gasteiger partial charge is 0.416 e. The molecule has 0 radical (unpaired) electrons. The van der Waals surface area contributed by atoms with Crippen LogP contribution in [0.5, 0.6) is 0 Å². The van der Waals surface area contributed by atoms with Crippen LogP contribution in [0.1, 0.15) is 42.6 Å². The molecule has 8 nitrogen and oxygen atoms in total. The summed E-state index contributed by atoms with van der Waals surface area (Å²) in [4.78, 5) is 35.8. The van der Waals surface area contributed by atoms with Gasteiger partial charge in [0, 0.05) is 18.9 Å². The van der Waals surface area contributed by atoms with Crippen molar-refractivity contribution in [2.24, 2.45) is 0 Å². The molecule has 0 atom stereocenters. The number of nitrogens with two attached hydrogens (primary N) is 1. The van der Waals surface area contributed by atoms with E-state index >= 15 is 0 Å². The monoisotopic (exact) mass is 436 g/mol. The number of nitrogens with one attached hydrogen (secondary N) is 1. The lowest BCUT2D eigenvalue weighted by Gasteiger charge is -2.25. The normalized spacial score (nSPS) is 15.7. The van der Waals surface area contributed by atoms with Crippen LogP contribution in [0.15, 0.2) is 30.5 Å². The number of hydrogen-bond acceptors (Lipinski definition) is 5. The highest BCUT2D eigenvalue weighted by Gasteiger charge is 2.41. The molecule has 31 heavy (non-hydrogen) atoms. The van der Waals surface area contributed by atoms with Crippen LogP contribution in [0.3, 0.4) is 0 Å². The van der Waals surface area contributed by atoms with Crippen LogP contribution in [0.25, 0.3) is 0 Å². The van der Waals surface area contributed by atoms with Crippen LogP contribution >= 0.6 is 0 Å². The Hall–Kier alpha value is -3.37. The quantitative estimate of drug-likeness (QED) is 0.747. The molecule has 3 N–H and O–H groups in total. The van der Waals surface area contributed by atoms with E-state index in [1.165, 1.54) is 30.3 Å². The Morgan fingerprint density at radius 1 is 1.32 bits per heavy atom. The highest BCUT2D eigenvalue weighted by atomic mass is 19.4. The molecule has 1 aliphatic heterocycles. The number of halogens is 3. The van der Waals surface area contributed by atoms with E-state index in [9.17, 15) is 22.8 Å². The van der Waals surface area contributed by atoms with Crippen molar-refractivity contribution in [2.45, 2.75) is 38.4 Å². The molecule has 0 unspecified atom stereocenters. The molecule has 1 fully saturated rings. The SMILES string of the molecule is CCC1(CC)CN(c2ncc(C(=O)N(C)c3cccc(C(F)(F)F)c3)c(N)n2)C(=O)N1. The van der Waals surface area contributed by atoms with Crippen molar-refractivity contribution >= 4 is 29.4 Å². The topological polar surface area (TPSA) is 104 Å². The summed E-state index contributed by atoms with van der Waals surface area (Å²) in [6.07, 6.45) is -1.92. The van der Waals surface area contributed by atoms with Gasteiger partial charge in [-0.1, -0.05) is 19.9 Å². The van der Waals surface area contributed by atoms with Gasteiger partial charge in [-0.05, 0) is 31.0 Å². The van der Waals surface area contributed by atoms with Gasteiger partial charge in [0.15, 0.2) is 0 Å². The second-order valence-corrected chi connectivity index (χ2v) is 7.38. The van der Waals surface area contributed by atoms with Crippen molar-refractivity contribution in [2.75, 3.05) is 29.1 Å². The molecule has 11 heteroatoms. The fourth-order valence-corrected chi connectivity index (χ4v) is 3.39. The van der Waals surface area contributed by atoms with Crippen molar-refractivity contribution in [3.63, 3.8) is 0 Å². The minimum absolute atomic E-state index is 0.0397. The predicted octanol–water partition coefficient (Wildman–Crippen LogP) is 3.44. The van der Waals surface area contributed by atoms with Gasteiger partial charge in [-0.15, -0.1) is 0 Å². The van der Waals surface area contributed by atoms with E-state index in [1.54, 1.807) is 0 Å². The van der Waals surface area contributed by atoms with Gasteiger partial charge in [0.05, 0.1) is 17.6 Å². The molecule has 1 saturated heterocycles. The average Bonchev–Trinajstić information content (AvgIpc) is 3.09. The molecule has 166 valence electrons. The molecule has 1 aromatic heterocycles. The first-order chi connectivity index (χ1) is 14.5. The summed E-state index contributed by atoms with van der Waals surface area (Å²) in [5.74, 6) is -0.796. The summed E-state index contributed by atoms with van der Waals surface area (Å²) in [5.41, 5.74) is 4.63. The third kappa shape index (κ3) is 4.25. The Kier molecular flexibility index (Phi) is 5.79. The fourth-order valence-electron chi connectivity index (χ4n) is 3.39. The summed E-state index contributed by atoms with van der Waals surface area (Å²) < 4.78 is 38.9. The Morgan fingerprint density at radius 2 is 2.00 bits per heavy atom. The van der Waals surface area contributed by atoms with E-state index in [1.807, 2.05) is 13.8 Å². The smallest absolute Gasteiger partial charge is 0.383 e. The molecule has 2 heterocycles. The van der Waals surface area contributed by atoms with Gasteiger partial charge in [0.1, 0.15) is 11.4 Å². The van der Waals surface area contributed by atoms with Crippen molar-refractivity contribution in [3.8, 4) is 0 Å². The summed E-state index contributed by atoms with van der Waals surface area (Å²) >= 11 is 0. The maximum atomic E-state index is 13.0. The van der Waals surface area contributed by atoms with Crippen molar-refractivity contribution < 1.29 is 22.8 Å². The number of carbonyl (C=O) groups is 2. The Bertz CT molecular complexity index is 1010. The van der Waals surface area contributed by atoms with Crippen LogP contribution in [0.4, 0.5) is 35.4 Å². The lowest BCUT2D eigenvalue weighted by atomic mass is 9.94. The first-order valence-corrected chi connectivity index (χ1v) is 9.69. The highest BCUT2D eigenvalue weighted by molar-refractivity contribution is 6.08. The van der Waals surface area contributed by atoms with Crippen LogP contribution in [-0.2, 0) is 6.18 Å². The minimum atomic E-state index is -4.54. The molecule has 0 spiro atoms. The molecule has 0 bridgehead atoms. The number of aromatic nitrogens is 2. The molecular weight excluding hydrogens is 413 g/mol. The summed E-state index contributed by atoms with van der Waals surface area (Å²) in [6, 6.07) is 4.02. The van der Waals surface area contributed by atoms with Crippen molar-refractivity contribution in [3.05, 3.63) is 41.6 Å². The second kappa shape index (κ2) is 8.05. The lowest BCUT2D eigenvalue weighted by molar-refractivity contribution is -0.137. The van der Waals surface area contributed by atoms with Crippen LogP contribution < -0.4 is 20.9 Å². The van der Waals surface area contributed by atoms with Gasteiger partial charge in [0.2, 0.25) is 5.95 Å². The predicted molar refractivity (Wildman–Crippen MR) is 110 cm³/mol. The first kappa shape index (κ1) is 22.3. The highest BCUT2D eigenvalue weighted by Crippen LogP contribution is 2.32. The van der Waals surface area contributed by atoms with Crippen molar-refractivity contribution in [1.29, 1.82) is 0 Å². The zero-order valence-corrected chi connectivity index (χ0v) is 17.3. The Morgan fingerprint density at radius 3 is 2.55 bits per heavy atom. The fraction of sp³-hybridized carbons (Fsp3) is 0.400. The summed E-state index contributed by atoms with van der Waals surface area (Å²) in [7, 11) is 1.33. The first-order valence-electron chi connectivity index (χ1n) is 9.69. The van der Waals surface area contributed by atoms with Gasteiger partial charge in [0.25, 0.3) is 5.91 Å². The Labute approximate surface area is 177 Å².